The molecule has 1 N–H and O–H groups in total. The highest BCUT2D eigenvalue weighted by molar-refractivity contribution is 6.31. The molecular weight excluding hydrogens is 907 g/mol. The van der Waals surface area contributed by atoms with E-state index in [0.29, 0.717) is 62.0 Å². The molecule has 0 unspecified atom stereocenters. The molecule has 11 nitrogen and oxygen atoms in total. The Morgan fingerprint density at radius 3 is 2.48 bits per heavy atom. The number of aromatic nitrogens is 3. The standard InChI is InChI=1S/C54H59ClF3N5O6/c1-35(33-69-47-17-23-61-46-14-6-9-36(2)49(46)47)25-41-28-39-15-16-44(68-24-5-4-22-62-48(64)27-37-10-7-11-38(26-37)40-31-59-34-60-32-40)30-45(39)52(41)18-20-53(21-19-52,51(66)67-3)63(50(65)54(56,57)58)43-13-8-12-42(55)29-43/h7-8,10-13,15-17,23,26,29-32,34-36,41H,4-6,9,14,18-22,24-25,27-28,33H2,1-3H3,(H,62,64)/t35-,36-,41+,52?,53?/m1/s1. The highest BCUT2D eigenvalue weighted by Crippen LogP contribution is 2.58. The molecule has 8 rings (SSSR count). The molecule has 15 heteroatoms. The number of rotatable bonds is 17. The molecule has 3 aliphatic carbocycles. The Bertz CT molecular complexity index is 2620. The predicted octanol–water partition coefficient (Wildman–Crippen LogP) is 10.7. The fourth-order valence-corrected chi connectivity index (χ4v) is 11.3. The second-order valence-electron chi connectivity index (χ2n) is 19.0. The third kappa shape index (κ3) is 10.9. The lowest BCUT2D eigenvalue weighted by Crippen LogP contribution is -2.63. The molecule has 2 aromatic heterocycles. The monoisotopic (exact) mass is 965 g/mol. The van der Waals surface area contributed by atoms with Crippen LogP contribution in [-0.4, -0.2) is 71.3 Å². The number of benzene rings is 3. The number of nitrogens with one attached hydrogen (secondary N) is 1. The van der Waals surface area contributed by atoms with Gasteiger partial charge in [-0.2, -0.15) is 13.2 Å². The first-order valence-electron chi connectivity index (χ1n) is 23.9. The third-order valence-electron chi connectivity index (χ3n) is 14.5. The summed E-state index contributed by atoms with van der Waals surface area (Å²) in [5.41, 5.74) is 4.48. The SMILES string of the molecule is COC(=O)C1(N(C(=O)C(F)(F)F)c2cccc(Cl)c2)CCC2(CC1)c1cc(OCCCCNC(=O)Cc3cccc(-c4cncnc4)c3)ccc1C[C@@H]2C[C@@H](C)COc1ccnc2c1[C@H](C)CCC2. The molecule has 0 bridgehead atoms. The number of halogens is 4. The first-order valence-corrected chi connectivity index (χ1v) is 24.3. The first kappa shape index (κ1) is 49.4. The number of methoxy groups -OCH3 is 1. The minimum atomic E-state index is -5.29. The van der Waals surface area contributed by atoms with E-state index in [1.54, 1.807) is 12.4 Å². The average Bonchev–Trinajstić information content (AvgIpc) is 3.63. The summed E-state index contributed by atoms with van der Waals surface area (Å²) in [6.45, 7) is 5.73. The van der Waals surface area contributed by atoms with E-state index in [4.69, 9.17) is 25.8 Å². The predicted molar refractivity (Wildman–Crippen MR) is 257 cm³/mol. The van der Waals surface area contributed by atoms with Crippen molar-refractivity contribution in [3.8, 4) is 22.6 Å². The van der Waals surface area contributed by atoms with Gasteiger partial charge in [0.25, 0.3) is 0 Å². The van der Waals surface area contributed by atoms with Gasteiger partial charge < -0.3 is 19.5 Å². The van der Waals surface area contributed by atoms with Crippen molar-refractivity contribution in [2.45, 2.75) is 114 Å². The summed E-state index contributed by atoms with van der Waals surface area (Å²) in [4.78, 5) is 53.7. The number of amides is 2. The van der Waals surface area contributed by atoms with Gasteiger partial charge in [0, 0.05) is 52.7 Å². The van der Waals surface area contributed by atoms with Crippen LogP contribution in [0, 0.1) is 11.8 Å². The average molecular weight is 967 g/mol. The maximum atomic E-state index is 14.5. The minimum Gasteiger partial charge on any atom is -0.494 e. The van der Waals surface area contributed by atoms with Crippen molar-refractivity contribution in [1.29, 1.82) is 0 Å². The first-order chi connectivity index (χ1) is 33.2. The van der Waals surface area contributed by atoms with E-state index >= 15 is 0 Å². The molecular formula is C54H59ClF3N5O6. The molecule has 0 aliphatic heterocycles. The maximum absolute atomic E-state index is 14.5. The summed E-state index contributed by atoms with van der Waals surface area (Å²) in [7, 11) is 1.14. The van der Waals surface area contributed by atoms with Crippen molar-refractivity contribution in [3.05, 3.63) is 131 Å². The Labute approximate surface area is 406 Å². The summed E-state index contributed by atoms with van der Waals surface area (Å²) in [6, 6.07) is 21.4. The Morgan fingerprint density at radius 1 is 0.942 bits per heavy atom. The van der Waals surface area contributed by atoms with Crippen LogP contribution < -0.4 is 19.7 Å². The molecule has 364 valence electrons. The zero-order valence-electron chi connectivity index (χ0n) is 39.3. The molecule has 3 aromatic carbocycles. The summed E-state index contributed by atoms with van der Waals surface area (Å²) in [5, 5.41) is 3.14. The third-order valence-corrected chi connectivity index (χ3v) is 14.7. The van der Waals surface area contributed by atoms with Crippen LogP contribution in [0.15, 0.2) is 97.7 Å². The second kappa shape index (κ2) is 21.3. The van der Waals surface area contributed by atoms with Crippen molar-refractivity contribution < 1.29 is 41.8 Å². The van der Waals surface area contributed by atoms with Gasteiger partial charge in [-0.3, -0.25) is 19.5 Å². The van der Waals surface area contributed by atoms with E-state index in [1.807, 2.05) is 42.6 Å². The van der Waals surface area contributed by atoms with Gasteiger partial charge in [-0.05, 0) is 152 Å². The lowest BCUT2D eigenvalue weighted by molar-refractivity contribution is -0.174. The number of esters is 1. The Balaban J connectivity index is 0.979. The number of pyridine rings is 1. The van der Waals surface area contributed by atoms with Crippen LogP contribution in [0.2, 0.25) is 5.02 Å². The van der Waals surface area contributed by atoms with E-state index in [1.165, 1.54) is 36.2 Å². The van der Waals surface area contributed by atoms with Crippen molar-refractivity contribution >= 4 is 35.1 Å². The van der Waals surface area contributed by atoms with Gasteiger partial charge in [-0.15, -0.1) is 0 Å². The fraction of sp³-hybridized carbons (Fsp3) is 0.444. The van der Waals surface area contributed by atoms with Crippen LogP contribution in [0.5, 0.6) is 11.5 Å². The molecule has 0 saturated heterocycles. The van der Waals surface area contributed by atoms with Gasteiger partial charge >= 0.3 is 18.1 Å². The van der Waals surface area contributed by atoms with Crippen LogP contribution in [0.4, 0.5) is 18.9 Å². The summed E-state index contributed by atoms with van der Waals surface area (Å²) < 4.78 is 61.8. The maximum Gasteiger partial charge on any atom is 0.471 e. The van der Waals surface area contributed by atoms with E-state index < -0.39 is 29.0 Å². The molecule has 2 amide bonds. The zero-order valence-corrected chi connectivity index (χ0v) is 40.1. The van der Waals surface area contributed by atoms with E-state index in [0.717, 1.165) is 78.5 Å². The number of fused-ring (bicyclic) bond motifs is 3. The summed E-state index contributed by atoms with van der Waals surface area (Å²) >= 11 is 6.29. The number of alkyl halides is 3. The number of aryl methyl sites for hydroxylation is 1. The normalized spacial score (nSPS) is 21.1. The lowest BCUT2D eigenvalue weighted by atomic mass is 9.59. The highest BCUT2D eigenvalue weighted by Gasteiger charge is 2.60. The number of hydrogen-bond donors (Lipinski definition) is 1. The van der Waals surface area contributed by atoms with Gasteiger partial charge in [0.15, 0.2) is 0 Å². The Morgan fingerprint density at radius 2 is 1.72 bits per heavy atom. The fourth-order valence-electron chi connectivity index (χ4n) is 11.1. The molecule has 1 fully saturated rings. The van der Waals surface area contributed by atoms with Gasteiger partial charge in [0.1, 0.15) is 23.4 Å². The molecule has 1 saturated carbocycles. The van der Waals surface area contributed by atoms with Crippen LogP contribution in [-0.2, 0) is 43.8 Å². The number of ether oxygens (including phenoxy) is 3. The molecule has 2 heterocycles. The summed E-state index contributed by atoms with van der Waals surface area (Å²) in [5.74, 6) is -1.14. The van der Waals surface area contributed by atoms with Gasteiger partial charge in [0.2, 0.25) is 5.91 Å². The molecule has 0 radical (unpaired) electrons. The largest absolute Gasteiger partial charge is 0.494 e. The van der Waals surface area contributed by atoms with E-state index in [2.05, 4.69) is 46.2 Å². The minimum absolute atomic E-state index is 0.0404. The van der Waals surface area contributed by atoms with Gasteiger partial charge in [0.05, 0.1) is 26.7 Å². The van der Waals surface area contributed by atoms with Crippen LogP contribution >= 0.6 is 11.6 Å². The van der Waals surface area contributed by atoms with Crippen molar-refractivity contribution in [1.82, 2.24) is 20.3 Å². The Hall–Kier alpha value is -6.02. The quantitative estimate of drug-likeness (QED) is 0.0714. The second-order valence-corrected chi connectivity index (χ2v) is 19.5. The number of unbranched alkanes of at least 4 members (excludes halogenated alkanes) is 1. The molecule has 3 aliphatic rings. The molecule has 5 aromatic rings. The van der Waals surface area contributed by atoms with Crippen LogP contribution in [0.25, 0.3) is 11.1 Å². The molecule has 1 spiro atoms. The smallest absolute Gasteiger partial charge is 0.471 e. The lowest BCUT2D eigenvalue weighted by Gasteiger charge is -2.51. The number of carbonyl (C=O) groups is 3. The van der Waals surface area contributed by atoms with E-state index in [9.17, 15) is 27.6 Å². The number of hydrogen-bond acceptors (Lipinski definition) is 9. The van der Waals surface area contributed by atoms with Crippen molar-refractivity contribution in [2.75, 3.05) is 31.8 Å². The number of anilines is 1. The molecule has 3 atom stereocenters. The van der Waals surface area contributed by atoms with Crippen LogP contribution in [0.3, 0.4) is 0 Å². The highest BCUT2D eigenvalue weighted by atomic mass is 35.5. The molecule has 69 heavy (non-hydrogen) atoms. The zero-order chi connectivity index (χ0) is 48.8. The van der Waals surface area contributed by atoms with Gasteiger partial charge in [-0.1, -0.05) is 61.8 Å². The van der Waals surface area contributed by atoms with Gasteiger partial charge in [-0.25, -0.2) is 14.8 Å². The summed E-state index contributed by atoms with van der Waals surface area (Å²) in [6.07, 6.45) is 8.11. The van der Waals surface area contributed by atoms with Crippen LogP contribution in [0.1, 0.15) is 106 Å². The number of nitrogens with zero attached hydrogens (tertiary/aromatic N) is 4. The topological polar surface area (TPSA) is 133 Å². The number of carbonyl (C=O) groups excluding carboxylic acids is 3. The Kier molecular flexibility index (Phi) is 15.3. The van der Waals surface area contributed by atoms with E-state index in [-0.39, 0.29) is 47.7 Å². The van der Waals surface area contributed by atoms with Crippen molar-refractivity contribution in [3.63, 3.8) is 0 Å². The van der Waals surface area contributed by atoms with Crippen molar-refractivity contribution in [2.24, 2.45) is 11.8 Å².